The van der Waals surface area contributed by atoms with Crippen LogP contribution in [-0.4, -0.2) is 0 Å². The Labute approximate surface area is 125 Å². The van der Waals surface area contributed by atoms with E-state index in [0.29, 0.717) is 0 Å². The zero-order valence-electron chi connectivity index (χ0n) is 10.6. The summed E-state index contributed by atoms with van der Waals surface area (Å²) in [4.78, 5) is 2.62. The van der Waals surface area contributed by atoms with Gasteiger partial charge in [0.25, 0.3) is 0 Å². The van der Waals surface area contributed by atoms with E-state index in [2.05, 4.69) is 41.9 Å². The molecule has 0 amide bonds. The van der Waals surface area contributed by atoms with Crippen LogP contribution in [0, 0.1) is 6.92 Å². The molecule has 1 N–H and O–H groups in total. The molecule has 0 bridgehead atoms. The molecular weight excluding hydrogens is 294 g/mol. The number of hydrogen-bond acceptors (Lipinski definition) is 3. The highest BCUT2D eigenvalue weighted by Crippen LogP contribution is 2.35. The zero-order chi connectivity index (χ0) is 13.2. The SMILES string of the molecule is Cc1ccsc1CNCc1sc2ccccc2c1Cl. The smallest absolute Gasteiger partial charge is 0.0636 e. The third-order valence-corrected chi connectivity index (χ3v) is 5.88. The Morgan fingerprint density at radius 1 is 1.11 bits per heavy atom. The van der Waals surface area contributed by atoms with Crippen LogP contribution in [0.2, 0.25) is 5.02 Å². The number of thiophene rings is 2. The van der Waals surface area contributed by atoms with Crippen LogP contribution in [0.4, 0.5) is 0 Å². The van der Waals surface area contributed by atoms with E-state index in [1.54, 1.807) is 22.7 Å². The molecule has 1 aromatic carbocycles. The van der Waals surface area contributed by atoms with Gasteiger partial charge in [-0.05, 0) is 30.0 Å². The number of benzene rings is 1. The standard InChI is InChI=1S/C15H14ClNS2/c1-10-6-7-18-13(10)8-17-9-14-15(16)11-4-2-3-5-12(11)19-14/h2-7,17H,8-9H2,1H3. The summed E-state index contributed by atoms with van der Waals surface area (Å²) < 4.78 is 1.26. The lowest BCUT2D eigenvalue weighted by atomic mass is 10.2. The van der Waals surface area contributed by atoms with E-state index in [4.69, 9.17) is 11.6 Å². The van der Waals surface area contributed by atoms with E-state index in [1.165, 1.54) is 25.4 Å². The van der Waals surface area contributed by atoms with Crippen molar-refractivity contribution in [3.63, 3.8) is 0 Å². The second-order valence-corrected chi connectivity index (χ2v) is 6.98. The molecule has 19 heavy (non-hydrogen) atoms. The zero-order valence-corrected chi connectivity index (χ0v) is 13.0. The summed E-state index contributed by atoms with van der Waals surface area (Å²) in [6, 6.07) is 10.5. The van der Waals surface area contributed by atoms with Crippen molar-refractivity contribution >= 4 is 44.4 Å². The maximum Gasteiger partial charge on any atom is 0.0636 e. The van der Waals surface area contributed by atoms with Crippen LogP contribution in [0.25, 0.3) is 10.1 Å². The number of nitrogens with one attached hydrogen (secondary N) is 1. The molecule has 1 nitrogen and oxygen atoms in total. The van der Waals surface area contributed by atoms with Crippen molar-refractivity contribution in [2.75, 3.05) is 0 Å². The van der Waals surface area contributed by atoms with Crippen LogP contribution >= 0.6 is 34.3 Å². The van der Waals surface area contributed by atoms with Gasteiger partial charge in [0.15, 0.2) is 0 Å². The van der Waals surface area contributed by atoms with Gasteiger partial charge in [0, 0.05) is 32.9 Å². The molecule has 0 aliphatic rings. The lowest BCUT2D eigenvalue weighted by molar-refractivity contribution is 0.707. The Bertz CT molecular complexity index is 699. The van der Waals surface area contributed by atoms with Gasteiger partial charge in [-0.1, -0.05) is 29.8 Å². The van der Waals surface area contributed by atoms with E-state index in [0.717, 1.165) is 18.1 Å². The molecule has 0 unspecified atom stereocenters. The van der Waals surface area contributed by atoms with Crippen LogP contribution in [0.3, 0.4) is 0 Å². The summed E-state index contributed by atoms with van der Waals surface area (Å²) >= 11 is 10.00. The van der Waals surface area contributed by atoms with Crippen LogP contribution in [0.15, 0.2) is 35.7 Å². The van der Waals surface area contributed by atoms with Gasteiger partial charge in [-0.25, -0.2) is 0 Å². The van der Waals surface area contributed by atoms with E-state index in [1.807, 2.05) is 6.07 Å². The third kappa shape index (κ3) is 2.70. The number of hydrogen-bond donors (Lipinski definition) is 1. The molecule has 98 valence electrons. The Balaban J connectivity index is 1.72. The Morgan fingerprint density at radius 2 is 1.89 bits per heavy atom. The fourth-order valence-corrected chi connectivity index (χ4v) is 4.40. The molecule has 4 heteroatoms. The van der Waals surface area contributed by atoms with Gasteiger partial charge in [0.2, 0.25) is 0 Å². The quantitative estimate of drug-likeness (QED) is 0.697. The first-order chi connectivity index (χ1) is 9.25. The molecule has 0 fully saturated rings. The first kappa shape index (κ1) is 13.1. The van der Waals surface area contributed by atoms with Crippen molar-refractivity contribution in [1.82, 2.24) is 5.32 Å². The van der Waals surface area contributed by atoms with Gasteiger partial charge in [-0.15, -0.1) is 22.7 Å². The van der Waals surface area contributed by atoms with Gasteiger partial charge in [-0.3, -0.25) is 0 Å². The molecule has 2 aromatic heterocycles. The van der Waals surface area contributed by atoms with Crippen LogP contribution in [0.1, 0.15) is 15.3 Å². The molecule has 3 aromatic rings. The Morgan fingerprint density at radius 3 is 2.63 bits per heavy atom. The van der Waals surface area contributed by atoms with E-state index in [-0.39, 0.29) is 0 Å². The second-order valence-electron chi connectivity index (χ2n) is 4.47. The van der Waals surface area contributed by atoms with Crippen LogP contribution in [-0.2, 0) is 13.1 Å². The first-order valence-electron chi connectivity index (χ1n) is 6.15. The molecule has 0 saturated heterocycles. The molecule has 0 atom stereocenters. The van der Waals surface area contributed by atoms with Crippen LogP contribution in [0.5, 0.6) is 0 Å². The Hall–Kier alpha value is -0.870. The van der Waals surface area contributed by atoms with Gasteiger partial charge in [-0.2, -0.15) is 0 Å². The number of fused-ring (bicyclic) bond motifs is 1. The lowest BCUT2D eigenvalue weighted by Crippen LogP contribution is -2.11. The summed E-state index contributed by atoms with van der Waals surface area (Å²) in [5, 5.41) is 7.68. The monoisotopic (exact) mass is 307 g/mol. The highest BCUT2D eigenvalue weighted by molar-refractivity contribution is 7.19. The third-order valence-electron chi connectivity index (χ3n) is 3.14. The summed E-state index contributed by atoms with van der Waals surface area (Å²) in [5.41, 5.74) is 1.36. The summed E-state index contributed by atoms with van der Waals surface area (Å²) in [6.07, 6.45) is 0. The van der Waals surface area contributed by atoms with Gasteiger partial charge in [0.1, 0.15) is 0 Å². The molecule has 0 aliphatic heterocycles. The van der Waals surface area contributed by atoms with Gasteiger partial charge < -0.3 is 5.32 Å². The average molecular weight is 308 g/mol. The summed E-state index contributed by atoms with van der Waals surface area (Å²) in [6.45, 7) is 3.89. The van der Waals surface area contributed by atoms with Crippen molar-refractivity contribution in [3.05, 3.63) is 56.1 Å². The lowest BCUT2D eigenvalue weighted by Gasteiger charge is -2.03. The molecule has 3 rings (SSSR count). The minimum absolute atomic E-state index is 0.829. The molecular formula is C15H14ClNS2. The fourth-order valence-electron chi connectivity index (χ4n) is 2.05. The van der Waals surface area contributed by atoms with Crippen molar-refractivity contribution in [3.8, 4) is 0 Å². The first-order valence-corrected chi connectivity index (χ1v) is 8.22. The average Bonchev–Trinajstić information content (AvgIpc) is 2.96. The van der Waals surface area contributed by atoms with Crippen molar-refractivity contribution < 1.29 is 0 Å². The normalized spacial score (nSPS) is 11.3. The topological polar surface area (TPSA) is 12.0 Å². The van der Waals surface area contributed by atoms with E-state index < -0.39 is 0 Å². The van der Waals surface area contributed by atoms with Crippen molar-refractivity contribution in [2.24, 2.45) is 0 Å². The predicted molar refractivity (Wildman–Crippen MR) is 86.4 cm³/mol. The molecule has 0 aliphatic carbocycles. The highest BCUT2D eigenvalue weighted by Gasteiger charge is 2.09. The maximum absolute atomic E-state index is 6.42. The van der Waals surface area contributed by atoms with Crippen LogP contribution < -0.4 is 5.32 Å². The van der Waals surface area contributed by atoms with Gasteiger partial charge >= 0.3 is 0 Å². The molecule has 0 saturated carbocycles. The molecule has 0 radical (unpaired) electrons. The van der Waals surface area contributed by atoms with Crippen molar-refractivity contribution in [1.29, 1.82) is 0 Å². The largest absolute Gasteiger partial charge is 0.307 e. The number of rotatable bonds is 4. The van der Waals surface area contributed by atoms with E-state index >= 15 is 0 Å². The molecule has 2 heterocycles. The predicted octanol–water partition coefficient (Wildman–Crippen LogP) is 5.21. The summed E-state index contributed by atoms with van der Waals surface area (Å²) in [5.74, 6) is 0. The summed E-state index contributed by atoms with van der Waals surface area (Å²) in [7, 11) is 0. The maximum atomic E-state index is 6.42. The number of aryl methyl sites for hydroxylation is 1. The van der Waals surface area contributed by atoms with Gasteiger partial charge in [0.05, 0.1) is 5.02 Å². The number of halogens is 1. The van der Waals surface area contributed by atoms with Crippen molar-refractivity contribution in [2.45, 2.75) is 20.0 Å². The minimum Gasteiger partial charge on any atom is -0.307 e. The fraction of sp³-hybridized carbons (Fsp3) is 0.200. The second kappa shape index (κ2) is 5.63. The highest BCUT2D eigenvalue weighted by atomic mass is 35.5. The molecule has 0 spiro atoms. The Kier molecular flexibility index (Phi) is 3.89. The van der Waals surface area contributed by atoms with E-state index in [9.17, 15) is 0 Å². The minimum atomic E-state index is 0.829.